The second-order valence-corrected chi connectivity index (χ2v) is 3.31. The van der Waals surface area contributed by atoms with E-state index in [1.54, 1.807) is 6.26 Å². The Kier molecular flexibility index (Phi) is 2.73. The van der Waals surface area contributed by atoms with Gasteiger partial charge < -0.3 is 0 Å². The highest BCUT2D eigenvalue weighted by Gasteiger charge is 2.11. The Morgan fingerprint density at radius 1 is 1.42 bits per heavy atom. The Morgan fingerprint density at radius 2 is 2.00 bits per heavy atom. The molecule has 0 aliphatic heterocycles. The largest absolute Gasteiger partial charge is 0.207 e. The van der Waals surface area contributed by atoms with E-state index < -0.39 is 11.6 Å². The molecule has 0 aliphatic rings. The quantitative estimate of drug-likeness (QED) is 0.608. The fourth-order valence-electron chi connectivity index (χ4n) is 0.964. The van der Waals surface area contributed by atoms with E-state index in [2.05, 4.69) is 6.92 Å². The standard InChI is InChI=1S/C9H9F2S/c1-5-4-7(10)6(2)8(11)9(5)12-3/h4H,1H2,2-3H3. The van der Waals surface area contributed by atoms with Gasteiger partial charge in [0.25, 0.3) is 0 Å². The van der Waals surface area contributed by atoms with E-state index in [9.17, 15) is 8.78 Å². The lowest BCUT2D eigenvalue weighted by Crippen LogP contribution is -1.94. The molecule has 0 bridgehead atoms. The molecule has 0 nitrogen and oxygen atoms in total. The maximum Gasteiger partial charge on any atom is 0.142 e. The van der Waals surface area contributed by atoms with Gasteiger partial charge in [0.1, 0.15) is 11.6 Å². The van der Waals surface area contributed by atoms with Crippen LogP contribution in [0.3, 0.4) is 0 Å². The summed E-state index contributed by atoms with van der Waals surface area (Å²) >= 11 is 1.24. The van der Waals surface area contributed by atoms with Gasteiger partial charge in [0.15, 0.2) is 0 Å². The van der Waals surface area contributed by atoms with Crippen LogP contribution in [-0.4, -0.2) is 6.26 Å². The van der Waals surface area contributed by atoms with Gasteiger partial charge in [-0.05, 0) is 31.7 Å². The van der Waals surface area contributed by atoms with Crippen molar-refractivity contribution in [3.8, 4) is 0 Å². The second kappa shape index (κ2) is 3.44. The third kappa shape index (κ3) is 1.46. The first-order valence-corrected chi connectivity index (χ1v) is 4.65. The Morgan fingerprint density at radius 3 is 2.50 bits per heavy atom. The summed E-state index contributed by atoms with van der Waals surface area (Å²) in [6, 6.07) is 1.25. The van der Waals surface area contributed by atoms with E-state index in [1.807, 2.05) is 0 Å². The van der Waals surface area contributed by atoms with Gasteiger partial charge in [-0.2, -0.15) is 0 Å². The minimum Gasteiger partial charge on any atom is -0.207 e. The van der Waals surface area contributed by atoms with Gasteiger partial charge in [0, 0.05) is 10.5 Å². The summed E-state index contributed by atoms with van der Waals surface area (Å²) in [5.41, 5.74) is 0.467. The molecule has 0 fully saturated rings. The van der Waals surface area contributed by atoms with Crippen molar-refractivity contribution in [1.82, 2.24) is 0 Å². The van der Waals surface area contributed by atoms with Crippen LogP contribution in [0.5, 0.6) is 0 Å². The van der Waals surface area contributed by atoms with Crippen LogP contribution in [0, 0.1) is 25.5 Å². The Balaban J connectivity index is 3.40. The van der Waals surface area contributed by atoms with Crippen molar-refractivity contribution in [3.63, 3.8) is 0 Å². The van der Waals surface area contributed by atoms with E-state index in [0.29, 0.717) is 10.5 Å². The average molecular weight is 187 g/mol. The number of hydrogen-bond donors (Lipinski definition) is 0. The Labute approximate surface area is 75.0 Å². The van der Waals surface area contributed by atoms with Crippen molar-refractivity contribution >= 4 is 11.8 Å². The van der Waals surface area contributed by atoms with Crippen LogP contribution in [0.2, 0.25) is 0 Å². The minimum absolute atomic E-state index is 0.0618. The first kappa shape index (κ1) is 9.52. The zero-order valence-corrected chi connectivity index (χ0v) is 7.77. The molecule has 1 rings (SSSR count). The van der Waals surface area contributed by atoms with Crippen molar-refractivity contribution in [1.29, 1.82) is 0 Å². The molecule has 0 N–H and O–H groups in total. The molecule has 0 saturated heterocycles. The van der Waals surface area contributed by atoms with E-state index in [1.165, 1.54) is 24.8 Å². The van der Waals surface area contributed by atoms with E-state index in [0.717, 1.165) is 0 Å². The smallest absolute Gasteiger partial charge is 0.142 e. The van der Waals surface area contributed by atoms with Crippen LogP contribution in [0.15, 0.2) is 11.0 Å². The maximum absolute atomic E-state index is 13.2. The second-order valence-electron chi connectivity index (χ2n) is 2.49. The van der Waals surface area contributed by atoms with Crippen LogP contribution >= 0.6 is 11.8 Å². The highest BCUT2D eigenvalue weighted by atomic mass is 32.2. The third-order valence-electron chi connectivity index (χ3n) is 1.68. The first-order chi connectivity index (χ1) is 5.57. The lowest BCUT2D eigenvalue weighted by Gasteiger charge is -2.07. The number of halogens is 2. The minimum atomic E-state index is -0.532. The van der Waals surface area contributed by atoms with Gasteiger partial charge in [0.05, 0.1) is 0 Å². The third-order valence-corrected chi connectivity index (χ3v) is 2.53. The topological polar surface area (TPSA) is 0 Å². The lowest BCUT2D eigenvalue weighted by atomic mass is 10.1. The number of hydrogen-bond acceptors (Lipinski definition) is 1. The number of thioether (sulfide) groups is 1. The Bertz CT molecular complexity index is 308. The molecule has 0 heterocycles. The molecule has 0 atom stereocenters. The van der Waals surface area contributed by atoms with Gasteiger partial charge in [-0.1, -0.05) is 0 Å². The van der Waals surface area contributed by atoms with Crippen LogP contribution < -0.4 is 0 Å². The SMILES string of the molecule is [CH2]c1cc(F)c(C)c(F)c1SC. The normalized spacial score (nSPS) is 10.4. The molecule has 3 heteroatoms. The predicted octanol–water partition coefficient (Wildman–Crippen LogP) is 3.18. The van der Waals surface area contributed by atoms with Crippen LogP contribution in [-0.2, 0) is 0 Å². The molecule has 1 aromatic rings. The van der Waals surface area contributed by atoms with Crippen molar-refractivity contribution in [2.45, 2.75) is 11.8 Å². The summed E-state index contributed by atoms with van der Waals surface area (Å²) < 4.78 is 26.1. The van der Waals surface area contributed by atoms with Crippen molar-refractivity contribution < 1.29 is 8.78 Å². The van der Waals surface area contributed by atoms with Crippen molar-refractivity contribution in [3.05, 3.63) is 35.8 Å². The molecule has 0 aromatic heterocycles. The molecule has 0 spiro atoms. The Hall–Kier alpha value is -0.570. The molecule has 1 aromatic carbocycles. The predicted molar refractivity (Wildman–Crippen MR) is 47.3 cm³/mol. The molecule has 0 aliphatic carbocycles. The lowest BCUT2D eigenvalue weighted by molar-refractivity contribution is 0.549. The van der Waals surface area contributed by atoms with Gasteiger partial charge in [-0.3, -0.25) is 0 Å². The van der Waals surface area contributed by atoms with Gasteiger partial charge in [0.2, 0.25) is 0 Å². The highest BCUT2D eigenvalue weighted by molar-refractivity contribution is 7.98. The summed E-state index contributed by atoms with van der Waals surface area (Å²) in [5, 5.41) is 0. The molecule has 0 saturated carbocycles. The summed E-state index contributed by atoms with van der Waals surface area (Å²) in [7, 11) is 0. The van der Waals surface area contributed by atoms with E-state index in [-0.39, 0.29) is 5.56 Å². The summed E-state index contributed by atoms with van der Waals surface area (Å²) in [6.45, 7) is 4.97. The number of benzene rings is 1. The van der Waals surface area contributed by atoms with Crippen molar-refractivity contribution in [2.75, 3.05) is 6.26 Å². The zero-order chi connectivity index (χ0) is 9.30. The number of rotatable bonds is 1. The molecule has 0 amide bonds. The maximum atomic E-state index is 13.2. The summed E-state index contributed by atoms with van der Waals surface area (Å²) in [5.74, 6) is -1.03. The fraction of sp³-hybridized carbons (Fsp3) is 0.222. The van der Waals surface area contributed by atoms with Crippen molar-refractivity contribution in [2.24, 2.45) is 0 Å². The molecular formula is C9H9F2S. The monoisotopic (exact) mass is 187 g/mol. The van der Waals surface area contributed by atoms with Gasteiger partial charge in [-0.25, -0.2) is 8.78 Å². The van der Waals surface area contributed by atoms with Crippen LogP contribution in [0.4, 0.5) is 8.78 Å². The van der Waals surface area contributed by atoms with Gasteiger partial charge in [-0.15, -0.1) is 11.8 Å². The van der Waals surface area contributed by atoms with E-state index >= 15 is 0 Å². The molecule has 1 radical (unpaired) electrons. The average Bonchev–Trinajstić information content (AvgIpc) is 2.01. The summed E-state index contributed by atoms with van der Waals surface area (Å²) in [4.78, 5) is 0.425. The van der Waals surface area contributed by atoms with Gasteiger partial charge >= 0.3 is 0 Å². The van der Waals surface area contributed by atoms with Crippen LogP contribution in [0.25, 0.3) is 0 Å². The molecular weight excluding hydrogens is 178 g/mol. The molecule has 0 unspecified atom stereocenters. The first-order valence-electron chi connectivity index (χ1n) is 3.42. The fourth-order valence-corrected chi connectivity index (χ4v) is 1.62. The molecule has 12 heavy (non-hydrogen) atoms. The van der Waals surface area contributed by atoms with E-state index in [4.69, 9.17) is 0 Å². The molecule has 65 valence electrons. The van der Waals surface area contributed by atoms with Crippen LogP contribution in [0.1, 0.15) is 11.1 Å². The summed E-state index contributed by atoms with van der Waals surface area (Å²) in [6.07, 6.45) is 1.74. The highest BCUT2D eigenvalue weighted by Crippen LogP contribution is 2.27. The zero-order valence-electron chi connectivity index (χ0n) is 6.95.